The van der Waals surface area contributed by atoms with Gasteiger partial charge in [0.05, 0.1) is 0 Å². The molecule has 2 aromatic carbocycles. The third-order valence-corrected chi connectivity index (χ3v) is 4.68. The summed E-state index contributed by atoms with van der Waals surface area (Å²) in [5, 5.41) is 4.88. The number of halogens is 4. The van der Waals surface area contributed by atoms with Crippen molar-refractivity contribution in [2.75, 3.05) is 6.54 Å². The molecule has 0 saturated carbocycles. The minimum absolute atomic E-state index is 0.197. The molecule has 1 nitrogen and oxygen atoms in total. The van der Waals surface area contributed by atoms with E-state index in [4.69, 9.17) is 23.2 Å². The molecule has 1 unspecified atom stereocenters. The Morgan fingerprint density at radius 3 is 2.29 bits per heavy atom. The fourth-order valence-corrected chi connectivity index (χ4v) is 4.05. The van der Waals surface area contributed by atoms with E-state index in [2.05, 4.69) is 56.2 Å². The van der Waals surface area contributed by atoms with Crippen LogP contribution >= 0.6 is 55.1 Å². The first kappa shape index (κ1) is 17.3. The fraction of sp³-hybridized carbons (Fsp3) is 0.250. The van der Waals surface area contributed by atoms with Crippen molar-refractivity contribution in [3.05, 3.63) is 66.5 Å². The van der Waals surface area contributed by atoms with Gasteiger partial charge in [-0.1, -0.05) is 68.1 Å². The van der Waals surface area contributed by atoms with Crippen LogP contribution in [0.15, 0.2) is 45.3 Å². The fourth-order valence-electron chi connectivity index (χ4n) is 2.24. The minimum Gasteiger partial charge on any atom is -0.310 e. The van der Waals surface area contributed by atoms with Gasteiger partial charge in [0.2, 0.25) is 0 Å². The first-order valence-corrected chi connectivity index (χ1v) is 8.97. The van der Waals surface area contributed by atoms with E-state index in [0.29, 0.717) is 10.0 Å². The lowest BCUT2D eigenvalue weighted by Crippen LogP contribution is -2.23. The van der Waals surface area contributed by atoms with Crippen LogP contribution in [-0.2, 0) is 6.42 Å². The quantitative estimate of drug-likeness (QED) is 0.553. The number of likely N-dealkylation sites (N-methyl/N-ethyl adjacent to an activating group) is 1. The minimum atomic E-state index is 0.197. The van der Waals surface area contributed by atoms with Gasteiger partial charge in [-0.05, 0) is 54.4 Å². The van der Waals surface area contributed by atoms with E-state index in [1.54, 1.807) is 6.07 Å². The number of benzene rings is 2. The van der Waals surface area contributed by atoms with Crippen LogP contribution in [-0.4, -0.2) is 6.54 Å². The molecule has 1 N–H and O–H groups in total. The predicted molar refractivity (Wildman–Crippen MR) is 98.4 cm³/mol. The molecule has 5 heteroatoms. The summed E-state index contributed by atoms with van der Waals surface area (Å²) in [6.07, 6.45) is 0.812. The number of nitrogens with one attached hydrogen (secondary N) is 1. The highest BCUT2D eigenvalue weighted by molar-refractivity contribution is 9.11. The van der Waals surface area contributed by atoms with E-state index >= 15 is 0 Å². The molecule has 2 rings (SSSR count). The van der Waals surface area contributed by atoms with Gasteiger partial charge in [-0.2, -0.15) is 0 Å². The summed E-state index contributed by atoms with van der Waals surface area (Å²) in [5.74, 6) is 0. The predicted octanol–water partition coefficient (Wildman–Crippen LogP) is 6.41. The SMILES string of the molecule is CCNC(Cc1ccc(Cl)cc1Cl)c1cc(Br)cc(Br)c1. The summed E-state index contributed by atoms with van der Waals surface area (Å²) in [6.45, 7) is 2.99. The maximum absolute atomic E-state index is 6.29. The van der Waals surface area contributed by atoms with Gasteiger partial charge in [0.15, 0.2) is 0 Å². The maximum Gasteiger partial charge on any atom is 0.0453 e. The highest BCUT2D eigenvalue weighted by atomic mass is 79.9. The number of hydrogen-bond acceptors (Lipinski definition) is 1. The van der Waals surface area contributed by atoms with Gasteiger partial charge in [0.1, 0.15) is 0 Å². The van der Waals surface area contributed by atoms with E-state index in [-0.39, 0.29) is 6.04 Å². The highest BCUT2D eigenvalue weighted by Gasteiger charge is 2.14. The first-order valence-electron chi connectivity index (χ1n) is 6.63. The lowest BCUT2D eigenvalue weighted by molar-refractivity contribution is 0.549. The van der Waals surface area contributed by atoms with Crippen molar-refractivity contribution in [1.82, 2.24) is 5.32 Å². The molecule has 0 aromatic heterocycles. The topological polar surface area (TPSA) is 12.0 Å². The molecule has 0 fully saturated rings. The highest BCUT2D eigenvalue weighted by Crippen LogP contribution is 2.29. The van der Waals surface area contributed by atoms with Crippen molar-refractivity contribution in [3.8, 4) is 0 Å². The van der Waals surface area contributed by atoms with Crippen molar-refractivity contribution < 1.29 is 0 Å². The van der Waals surface area contributed by atoms with Crippen LogP contribution in [0.5, 0.6) is 0 Å². The summed E-state index contributed by atoms with van der Waals surface area (Å²) < 4.78 is 2.11. The van der Waals surface area contributed by atoms with E-state index in [0.717, 1.165) is 27.5 Å². The Bertz CT molecular complexity index is 611. The summed E-state index contributed by atoms with van der Waals surface area (Å²) in [4.78, 5) is 0. The van der Waals surface area contributed by atoms with Crippen molar-refractivity contribution in [2.24, 2.45) is 0 Å². The third-order valence-electron chi connectivity index (χ3n) is 3.18. The largest absolute Gasteiger partial charge is 0.310 e. The standard InChI is InChI=1S/C16H15Br2Cl2N/c1-2-21-16(11-5-12(17)8-13(18)6-11)7-10-3-4-14(19)9-15(10)20/h3-6,8-9,16,21H,2,7H2,1H3. The second-order valence-corrected chi connectivity index (χ2v) is 7.43. The molecule has 2 aromatic rings. The molecule has 0 aliphatic rings. The Hall–Kier alpha value is -0.0600. The Kier molecular flexibility index (Phi) is 6.57. The summed E-state index contributed by atoms with van der Waals surface area (Å²) >= 11 is 19.3. The first-order chi connectivity index (χ1) is 9.99. The zero-order chi connectivity index (χ0) is 15.4. The third kappa shape index (κ3) is 4.97. The number of rotatable bonds is 5. The van der Waals surface area contributed by atoms with E-state index < -0.39 is 0 Å². The molecule has 0 amide bonds. The van der Waals surface area contributed by atoms with Gasteiger partial charge in [0.25, 0.3) is 0 Å². The monoisotopic (exact) mass is 449 g/mol. The second kappa shape index (κ2) is 7.98. The van der Waals surface area contributed by atoms with Crippen molar-refractivity contribution >= 4 is 55.1 Å². The molecule has 0 saturated heterocycles. The van der Waals surface area contributed by atoms with Gasteiger partial charge >= 0.3 is 0 Å². The molecule has 0 spiro atoms. The van der Waals surface area contributed by atoms with Crippen LogP contribution in [0.1, 0.15) is 24.1 Å². The van der Waals surface area contributed by atoms with Crippen LogP contribution < -0.4 is 5.32 Å². The average Bonchev–Trinajstić information content (AvgIpc) is 2.40. The molecule has 0 radical (unpaired) electrons. The maximum atomic E-state index is 6.29. The van der Waals surface area contributed by atoms with Crippen molar-refractivity contribution in [2.45, 2.75) is 19.4 Å². The second-order valence-electron chi connectivity index (χ2n) is 4.75. The summed E-state index contributed by atoms with van der Waals surface area (Å²) in [6, 6.07) is 12.1. The average molecular weight is 452 g/mol. The smallest absolute Gasteiger partial charge is 0.0453 e. The van der Waals surface area contributed by atoms with E-state index in [1.807, 2.05) is 18.2 Å². The van der Waals surface area contributed by atoms with Gasteiger partial charge in [-0.15, -0.1) is 0 Å². The molecule has 1 atom stereocenters. The van der Waals surface area contributed by atoms with Crippen LogP contribution in [0.2, 0.25) is 10.0 Å². The van der Waals surface area contributed by atoms with Gasteiger partial charge in [0, 0.05) is 25.0 Å². The van der Waals surface area contributed by atoms with Crippen molar-refractivity contribution in [3.63, 3.8) is 0 Å². The Morgan fingerprint density at radius 1 is 1.05 bits per heavy atom. The Balaban J connectivity index is 2.30. The van der Waals surface area contributed by atoms with Gasteiger partial charge < -0.3 is 5.32 Å². The lowest BCUT2D eigenvalue weighted by Gasteiger charge is -2.20. The van der Waals surface area contributed by atoms with E-state index in [9.17, 15) is 0 Å². The summed E-state index contributed by atoms with van der Waals surface area (Å²) in [5.41, 5.74) is 2.30. The Morgan fingerprint density at radius 2 is 1.71 bits per heavy atom. The molecule has 112 valence electrons. The molecule has 0 aliphatic heterocycles. The van der Waals surface area contributed by atoms with Crippen LogP contribution in [0.4, 0.5) is 0 Å². The van der Waals surface area contributed by atoms with Crippen molar-refractivity contribution in [1.29, 1.82) is 0 Å². The molecule has 0 aliphatic carbocycles. The zero-order valence-corrected chi connectivity index (χ0v) is 16.2. The lowest BCUT2D eigenvalue weighted by atomic mass is 9.99. The molecule has 21 heavy (non-hydrogen) atoms. The molecule has 0 bridgehead atoms. The summed E-state index contributed by atoms with van der Waals surface area (Å²) in [7, 11) is 0. The van der Waals surface area contributed by atoms with Gasteiger partial charge in [-0.3, -0.25) is 0 Å². The van der Waals surface area contributed by atoms with Crippen LogP contribution in [0.3, 0.4) is 0 Å². The van der Waals surface area contributed by atoms with Crippen LogP contribution in [0.25, 0.3) is 0 Å². The van der Waals surface area contributed by atoms with Gasteiger partial charge in [-0.25, -0.2) is 0 Å². The molecular formula is C16H15Br2Cl2N. The number of hydrogen-bond donors (Lipinski definition) is 1. The molecular weight excluding hydrogens is 437 g/mol. The van der Waals surface area contributed by atoms with E-state index in [1.165, 1.54) is 5.56 Å². The molecule has 0 heterocycles. The zero-order valence-electron chi connectivity index (χ0n) is 11.5. The van der Waals surface area contributed by atoms with Crippen LogP contribution in [0, 0.1) is 0 Å². The normalized spacial score (nSPS) is 12.4. The Labute approximate surface area is 152 Å².